The van der Waals surface area contributed by atoms with Crippen molar-refractivity contribution in [1.29, 1.82) is 0 Å². The third-order valence-electron chi connectivity index (χ3n) is 2.73. The molecule has 4 heteroatoms. The largest absolute Gasteiger partial charge is 0.372 e. The Morgan fingerprint density at radius 2 is 2.29 bits per heavy atom. The van der Waals surface area contributed by atoms with E-state index in [-0.39, 0.29) is 12.5 Å². The van der Waals surface area contributed by atoms with Gasteiger partial charge in [-0.1, -0.05) is 0 Å². The molecule has 0 aliphatic heterocycles. The summed E-state index contributed by atoms with van der Waals surface area (Å²) in [5.41, 5.74) is 5.82. The topological polar surface area (TPSA) is 64.3 Å². The molecule has 0 atom stereocenters. The Bertz CT molecular complexity index is 191. The van der Waals surface area contributed by atoms with Crippen LogP contribution >= 0.6 is 0 Å². The van der Waals surface area contributed by atoms with Gasteiger partial charge in [-0.2, -0.15) is 0 Å². The lowest BCUT2D eigenvalue weighted by atomic mass is 10.0. The maximum Gasteiger partial charge on any atom is 0.246 e. The smallest absolute Gasteiger partial charge is 0.246 e. The molecule has 1 saturated carbocycles. The third kappa shape index (κ3) is 3.64. The molecule has 0 saturated heterocycles. The fraction of sp³-hybridized carbons (Fsp3) is 0.900. The van der Waals surface area contributed by atoms with Crippen molar-refractivity contribution < 1.29 is 9.53 Å². The zero-order valence-corrected chi connectivity index (χ0v) is 8.84. The molecule has 82 valence electrons. The van der Waals surface area contributed by atoms with Crippen LogP contribution in [0.3, 0.4) is 0 Å². The van der Waals surface area contributed by atoms with Crippen LogP contribution in [0.4, 0.5) is 0 Å². The van der Waals surface area contributed by atoms with Crippen LogP contribution in [-0.2, 0) is 9.53 Å². The summed E-state index contributed by atoms with van der Waals surface area (Å²) in [5.74, 6) is -0.0184. The van der Waals surface area contributed by atoms with Gasteiger partial charge in [0.05, 0.1) is 0 Å². The maximum atomic E-state index is 11.2. The lowest BCUT2D eigenvalue weighted by Gasteiger charge is -2.14. The van der Waals surface area contributed by atoms with Gasteiger partial charge in [0.2, 0.25) is 5.91 Å². The predicted octanol–water partition coefficient (Wildman–Crippen LogP) is 0.268. The van der Waals surface area contributed by atoms with Crippen molar-refractivity contribution in [2.24, 2.45) is 11.1 Å². The minimum atomic E-state index is -0.0184. The number of carbonyl (C=O) groups excluding carboxylic acids is 1. The molecule has 0 heterocycles. The highest BCUT2D eigenvalue weighted by atomic mass is 16.5. The van der Waals surface area contributed by atoms with Crippen LogP contribution in [0.5, 0.6) is 0 Å². The summed E-state index contributed by atoms with van der Waals surface area (Å²) in [4.78, 5) is 11.2. The zero-order chi connectivity index (χ0) is 10.4. The molecule has 1 amide bonds. The number of hydrogen-bond acceptors (Lipinski definition) is 3. The van der Waals surface area contributed by atoms with Gasteiger partial charge in [-0.05, 0) is 38.1 Å². The molecule has 1 rings (SSSR count). The number of nitrogens with two attached hydrogens (primary N) is 1. The average Bonchev–Trinajstić information content (AvgIpc) is 2.93. The number of ether oxygens (including phenoxy) is 1. The van der Waals surface area contributed by atoms with Crippen molar-refractivity contribution in [1.82, 2.24) is 5.32 Å². The summed E-state index contributed by atoms with van der Waals surface area (Å²) in [6.07, 6.45) is 3.40. The quantitative estimate of drug-likeness (QED) is 0.620. The van der Waals surface area contributed by atoms with Gasteiger partial charge in [0.25, 0.3) is 0 Å². The number of amides is 1. The summed E-state index contributed by atoms with van der Waals surface area (Å²) in [6.45, 7) is 4.11. The van der Waals surface area contributed by atoms with E-state index in [1.165, 1.54) is 12.8 Å². The first-order chi connectivity index (χ1) is 6.72. The van der Waals surface area contributed by atoms with Crippen molar-refractivity contribution in [2.75, 3.05) is 26.3 Å². The third-order valence-corrected chi connectivity index (χ3v) is 2.73. The van der Waals surface area contributed by atoms with E-state index >= 15 is 0 Å². The summed E-state index contributed by atoms with van der Waals surface area (Å²) >= 11 is 0. The van der Waals surface area contributed by atoms with Crippen molar-refractivity contribution in [3.63, 3.8) is 0 Å². The Morgan fingerprint density at radius 1 is 1.57 bits per heavy atom. The number of hydrogen-bond donors (Lipinski definition) is 2. The fourth-order valence-corrected chi connectivity index (χ4v) is 1.53. The second-order valence-electron chi connectivity index (χ2n) is 3.95. The first-order valence-electron chi connectivity index (χ1n) is 5.27. The minimum Gasteiger partial charge on any atom is -0.372 e. The summed E-state index contributed by atoms with van der Waals surface area (Å²) in [6, 6.07) is 0. The Hall–Kier alpha value is -0.610. The van der Waals surface area contributed by atoms with Gasteiger partial charge in [-0.25, -0.2) is 0 Å². The van der Waals surface area contributed by atoms with Crippen LogP contribution in [0.2, 0.25) is 0 Å². The molecule has 1 aliphatic carbocycles. The Labute approximate surface area is 85.2 Å². The van der Waals surface area contributed by atoms with Crippen LogP contribution in [0.1, 0.15) is 26.2 Å². The predicted molar refractivity (Wildman–Crippen MR) is 54.8 cm³/mol. The van der Waals surface area contributed by atoms with Crippen molar-refractivity contribution in [3.8, 4) is 0 Å². The first-order valence-corrected chi connectivity index (χ1v) is 5.27. The minimum absolute atomic E-state index is 0.0184. The molecule has 1 fully saturated rings. The highest BCUT2D eigenvalue weighted by Crippen LogP contribution is 2.47. The molecule has 0 unspecified atom stereocenters. The summed E-state index contributed by atoms with van der Waals surface area (Å²) in [5, 5.41) is 2.89. The highest BCUT2D eigenvalue weighted by Gasteiger charge is 2.41. The van der Waals surface area contributed by atoms with Gasteiger partial charge in [-0.3, -0.25) is 4.79 Å². The Kier molecular flexibility index (Phi) is 4.35. The molecule has 0 aromatic carbocycles. The molecule has 4 nitrogen and oxygen atoms in total. The van der Waals surface area contributed by atoms with Crippen molar-refractivity contribution in [2.45, 2.75) is 26.2 Å². The standard InChI is InChI=1S/C10H20N2O2/c1-2-14-7-9(13)12-8-10(3-4-10)5-6-11/h2-8,11H2,1H3,(H,12,13). The van der Waals surface area contributed by atoms with E-state index in [0.717, 1.165) is 13.0 Å². The van der Waals surface area contributed by atoms with Crippen molar-refractivity contribution in [3.05, 3.63) is 0 Å². The lowest BCUT2D eigenvalue weighted by molar-refractivity contribution is -0.125. The monoisotopic (exact) mass is 200 g/mol. The molecule has 1 aliphatic rings. The maximum absolute atomic E-state index is 11.2. The Morgan fingerprint density at radius 3 is 2.79 bits per heavy atom. The molecule has 3 N–H and O–H groups in total. The van der Waals surface area contributed by atoms with Gasteiger partial charge in [-0.15, -0.1) is 0 Å². The average molecular weight is 200 g/mol. The van der Waals surface area contributed by atoms with Crippen LogP contribution in [0.25, 0.3) is 0 Å². The molecule has 0 bridgehead atoms. The van der Waals surface area contributed by atoms with Gasteiger partial charge in [0, 0.05) is 13.2 Å². The van der Waals surface area contributed by atoms with Gasteiger partial charge in [0.15, 0.2) is 0 Å². The second-order valence-corrected chi connectivity index (χ2v) is 3.95. The van der Waals surface area contributed by atoms with Crippen LogP contribution < -0.4 is 11.1 Å². The van der Waals surface area contributed by atoms with E-state index < -0.39 is 0 Å². The van der Waals surface area contributed by atoms with Gasteiger partial charge >= 0.3 is 0 Å². The second kappa shape index (κ2) is 5.32. The van der Waals surface area contributed by atoms with E-state index in [4.69, 9.17) is 10.5 Å². The van der Waals surface area contributed by atoms with E-state index in [2.05, 4.69) is 5.32 Å². The molecular formula is C10H20N2O2. The van der Waals surface area contributed by atoms with Crippen LogP contribution in [0.15, 0.2) is 0 Å². The highest BCUT2D eigenvalue weighted by molar-refractivity contribution is 5.77. The molecule has 0 spiro atoms. The molecular weight excluding hydrogens is 180 g/mol. The number of nitrogens with one attached hydrogen (secondary N) is 1. The molecule has 0 radical (unpaired) electrons. The van der Waals surface area contributed by atoms with Crippen molar-refractivity contribution >= 4 is 5.91 Å². The molecule has 0 aromatic heterocycles. The summed E-state index contributed by atoms with van der Waals surface area (Å²) in [7, 11) is 0. The SMILES string of the molecule is CCOCC(=O)NCC1(CCN)CC1. The molecule has 14 heavy (non-hydrogen) atoms. The first kappa shape index (κ1) is 11.5. The van der Waals surface area contributed by atoms with Crippen LogP contribution in [-0.4, -0.2) is 32.2 Å². The Balaban J connectivity index is 2.10. The molecule has 0 aromatic rings. The van der Waals surface area contributed by atoms with E-state index in [0.29, 0.717) is 18.6 Å². The van der Waals surface area contributed by atoms with Crippen LogP contribution in [0, 0.1) is 5.41 Å². The lowest BCUT2D eigenvalue weighted by Crippen LogP contribution is -2.33. The zero-order valence-electron chi connectivity index (χ0n) is 8.84. The fourth-order valence-electron chi connectivity index (χ4n) is 1.53. The number of carbonyl (C=O) groups is 1. The van der Waals surface area contributed by atoms with E-state index in [1.54, 1.807) is 0 Å². The van der Waals surface area contributed by atoms with E-state index in [1.807, 2.05) is 6.92 Å². The van der Waals surface area contributed by atoms with Gasteiger partial charge in [0.1, 0.15) is 6.61 Å². The van der Waals surface area contributed by atoms with E-state index in [9.17, 15) is 4.79 Å². The normalized spacial score (nSPS) is 17.9. The summed E-state index contributed by atoms with van der Waals surface area (Å²) < 4.78 is 5.00. The van der Waals surface area contributed by atoms with Gasteiger partial charge < -0.3 is 15.8 Å². The number of rotatable bonds is 7.